The van der Waals surface area contributed by atoms with Gasteiger partial charge < -0.3 is 10.4 Å². The number of hydrogen-bond donors (Lipinski definition) is 2. The van der Waals surface area contributed by atoms with Crippen LogP contribution in [0.4, 0.5) is 17.1 Å². The van der Waals surface area contributed by atoms with Crippen LogP contribution in [-0.4, -0.2) is 27.6 Å². The quantitative estimate of drug-likeness (QED) is 0.153. The summed E-state index contributed by atoms with van der Waals surface area (Å²) in [4.78, 5) is 50.1. The molecule has 2 N–H and O–H groups in total. The van der Waals surface area contributed by atoms with Crippen molar-refractivity contribution in [3.8, 4) is 0 Å². The van der Waals surface area contributed by atoms with Crippen molar-refractivity contribution in [2.24, 2.45) is 0 Å². The number of Topliss-reactive ketones (excluding diaryl/α,β-unsaturated/α-hetero) is 1. The van der Waals surface area contributed by atoms with Crippen LogP contribution >= 0.6 is 0 Å². The maximum absolute atomic E-state index is 13.4. The molecule has 1 atom stereocenters. The molecule has 194 valence electrons. The molecule has 0 aromatic heterocycles. The smallest absolute Gasteiger partial charge is 0.300 e. The first kappa shape index (κ1) is 26.3. The molecule has 0 aliphatic carbocycles. The van der Waals surface area contributed by atoms with E-state index in [4.69, 9.17) is 0 Å². The Balaban J connectivity index is 1.90. The van der Waals surface area contributed by atoms with E-state index < -0.39 is 28.4 Å². The van der Waals surface area contributed by atoms with Crippen LogP contribution < -0.4 is 10.2 Å². The molecule has 9 heteroatoms. The van der Waals surface area contributed by atoms with Crippen LogP contribution in [-0.2, 0) is 19.8 Å². The van der Waals surface area contributed by atoms with Gasteiger partial charge in [-0.25, -0.2) is 0 Å². The van der Waals surface area contributed by atoms with Crippen LogP contribution in [0.5, 0.6) is 0 Å². The van der Waals surface area contributed by atoms with Gasteiger partial charge in [-0.3, -0.25) is 29.4 Å². The summed E-state index contributed by atoms with van der Waals surface area (Å²) in [7, 11) is 0. The minimum absolute atomic E-state index is 0.0505. The van der Waals surface area contributed by atoms with E-state index >= 15 is 0 Å². The highest BCUT2D eigenvalue weighted by atomic mass is 16.6. The zero-order valence-corrected chi connectivity index (χ0v) is 21.4. The molecular weight excluding hydrogens is 486 g/mol. The van der Waals surface area contributed by atoms with Crippen molar-refractivity contribution in [2.75, 3.05) is 10.2 Å². The summed E-state index contributed by atoms with van der Waals surface area (Å²) in [5.74, 6) is -2.53. The van der Waals surface area contributed by atoms with Crippen LogP contribution in [0.3, 0.4) is 0 Å². The summed E-state index contributed by atoms with van der Waals surface area (Å²) in [6, 6.07) is 18.1. The second-order valence-electron chi connectivity index (χ2n) is 10.1. The lowest BCUT2D eigenvalue weighted by Gasteiger charge is -2.26. The van der Waals surface area contributed by atoms with Gasteiger partial charge in [-0.1, -0.05) is 57.2 Å². The number of hydrogen-bond acceptors (Lipinski definition) is 6. The molecule has 4 rings (SSSR count). The van der Waals surface area contributed by atoms with Crippen LogP contribution in [0, 0.1) is 10.1 Å². The first-order chi connectivity index (χ1) is 17.9. The molecular formula is C29H27N3O6. The Kier molecular flexibility index (Phi) is 6.87. The Morgan fingerprint density at radius 2 is 1.63 bits per heavy atom. The highest BCUT2D eigenvalue weighted by Crippen LogP contribution is 2.43. The predicted octanol–water partition coefficient (Wildman–Crippen LogP) is 5.48. The minimum atomic E-state index is -0.991. The number of carbonyl (C=O) groups excluding carboxylic acids is 3. The molecule has 1 heterocycles. The van der Waals surface area contributed by atoms with Crippen molar-refractivity contribution in [1.29, 1.82) is 0 Å². The molecule has 0 radical (unpaired) electrons. The van der Waals surface area contributed by atoms with Gasteiger partial charge in [-0.2, -0.15) is 0 Å². The van der Waals surface area contributed by atoms with Gasteiger partial charge in [-0.15, -0.1) is 0 Å². The number of non-ortho nitro benzene ring substituents is 1. The number of nitrogens with zero attached hydrogens (tertiary/aromatic N) is 2. The van der Waals surface area contributed by atoms with Crippen molar-refractivity contribution in [3.63, 3.8) is 0 Å². The number of amides is 2. The Bertz CT molecular complexity index is 1470. The second kappa shape index (κ2) is 9.93. The van der Waals surface area contributed by atoms with Gasteiger partial charge in [-0.05, 0) is 40.8 Å². The number of benzene rings is 3. The summed E-state index contributed by atoms with van der Waals surface area (Å²) >= 11 is 0. The van der Waals surface area contributed by atoms with Crippen molar-refractivity contribution >= 4 is 40.4 Å². The monoisotopic (exact) mass is 513 g/mol. The summed E-state index contributed by atoms with van der Waals surface area (Å²) in [6.45, 7) is 7.56. The van der Waals surface area contributed by atoms with Gasteiger partial charge in [0.05, 0.1) is 16.5 Å². The van der Waals surface area contributed by atoms with Gasteiger partial charge >= 0.3 is 0 Å². The molecule has 0 spiro atoms. The molecule has 1 fully saturated rings. The Morgan fingerprint density at radius 3 is 2.18 bits per heavy atom. The van der Waals surface area contributed by atoms with Gasteiger partial charge in [0.15, 0.2) is 0 Å². The van der Waals surface area contributed by atoms with E-state index in [-0.39, 0.29) is 28.1 Å². The fourth-order valence-corrected chi connectivity index (χ4v) is 4.41. The third-order valence-electron chi connectivity index (χ3n) is 6.33. The van der Waals surface area contributed by atoms with Crippen LogP contribution in [0.25, 0.3) is 5.76 Å². The number of nitro benzene ring substituents is 1. The third-order valence-corrected chi connectivity index (χ3v) is 6.33. The van der Waals surface area contributed by atoms with E-state index in [2.05, 4.69) is 26.1 Å². The number of rotatable bonds is 5. The Hall–Kier alpha value is -4.79. The maximum atomic E-state index is 13.4. The van der Waals surface area contributed by atoms with Crippen molar-refractivity contribution in [1.82, 2.24) is 0 Å². The second-order valence-corrected chi connectivity index (χ2v) is 10.1. The summed E-state index contributed by atoms with van der Waals surface area (Å²) < 4.78 is 0. The number of nitro groups is 1. The van der Waals surface area contributed by atoms with E-state index in [0.29, 0.717) is 16.9 Å². The number of ketones is 1. The molecule has 0 bridgehead atoms. The fraction of sp³-hybridized carbons (Fsp3) is 0.207. The highest BCUT2D eigenvalue weighted by Gasteiger charge is 2.47. The zero-order chi connectivity index (χ0) is 27.8. The van der Waals surface area contributed by atoms with E-state index in [9.17, 15) is 29.6 Å². The normalized spacial score (nSPS) is 16.9. The van der Waals surface area contributed by atoms with E-state index in [0.717, 1.165) is 11.6 Å². The largest absolute Gasteiger partial charge is 0.507 e. The molecule has 1 unspecified atom stereocenters. The molecule has 38 heavy (non-hydrogen) atoms. The van der Waals surface area contributed by atoms with Gasteiger partial charge in [0, 0.05) is 36.0 Å². The number of carbonyl (C=O) groups is 3. The maximum Gasteiger partial charge on any atom is 0.300 e. The summed E-state index contributed by atoms with van der Waals surface area (Å²) in [5, 5.41) is 25.2. The molecule has 0 saturated carbocycles. The number of aliphatic hydroxyl groups is 1. The lowest BCUT2D eigenvalue weighted by molar-refractivity contribution is -0.384. The summed E-state index contributed by atoms with van der Waals surface area (Å²) in [5.41, 5.74) is 1.99. The molecule has 1 aliphatic rings. The lowest BCUT2D eigenvalue weighted by atomic mass is 9.85. The van der Waals surface area contributed by atoms with Crippen LogP contribution in [0.15, 0.2) is 78.4 Å². The molecule has 9 nitrogen and oxygen atoms in total. The molecule has 1 aliphatic heterocycles. The van der Waals surface area contributed by atoms with Crippen molar-refractivity contribution in [2.45, 2.75) is 39.2 Å². The highest BCUT2D eigenvalue weighted by molar-refractivity contribution is 6.51. The van der Waals surface area contributed by atoms with Crippen LogP contribution in [0.1, 0.15) is 50.4 Å². The van der Waals surface area contributed by atoms with E-state index in [1.807, 2.05) is 12.1 Å². The zero-order valence-electron chi connectivity index (χ0n) is 21.4. The van der Waals surface area contributed by atoms with Crippen molar-refractivity contribution < 1.29 is 24.4 Å². The first-order valence-electron chi connectivity index (χ1n) is 11.9. The van der Waals surface area contributed by atoms with Gasteiger partial charge in [0.2, 0.25) is 5.91 Å². The molecule has 2 amide bonds. The summed E-state index contributed by atoms with van der Waals surface area (Å²) in [6.07, 6.45) is 0. The van der Waals surface area contributed by atoms with E-state index in [1.165, 1.54) is 30.0 Å². The third kappa shape index (κ3) is 5.04. The number of aliphatic hydroxyl groups excluding tert-OH is 1. The Morgan fingerprint density at radius 1 is 1.00 bits per heavy atom. The average Bonchev–Trinajstić information content (AvgIpc) is 3.13. The standard InChI is InChI=1S/C29H27N3O6/c1-17(33)30-21-12-14-22(15-13-21)31-25(18-8-10-20(11-9-18)29(2,3)4)24(27(35)28(31)36)26(34)19-6-5-7-23(16-19)32(37)38/h5-16,25,34H,1-4H3,(H,30,33)/b26-24-. The molecule has 1 saturated heterocycles. The molecule has 3 aromatic rings. The van der Waals surface area contributed by atoms with E-state index in [1.54, 1.807) is 36.4 Å². The number of anilines is 2. The SMILES string of the molecule is CC(=O)Nc1ccc(N2C(=O)C(=O)/C(=C(\O)c3cccc([N+](=O)[O-])c3)C2c2ccc(C(C)(C)C)cc2)cc1. The molecule has 3 aromatic carbocycles. The van der Waals surface area contributed by atoms with Gasteiger partial charge in [0.25, 0.3) is 17.4 Å². The lowest BCUT2D eigenvalue weighted by Crippen LogP contribution is -2.29. The topological polar surface area (TPSA) is 130 Å². The predicted molar refractivity (Wildman–Crippen MR) is 144 cm³/mol. The fourth-order valence-electron chi connectivity index (χ4n) is 4.41. The van der Waals surface area contributed by atoms with Crippen molar-refractivity contribution in [3.05, 3.63) is 105 Å². The first-order valence-corrected chi connectivity index (χ1v) is 11.9. The minimum Gasteiger partial charge on any atom is -0.507 e. The van der Waals surface area contributed by atoms with Crippen LogP contribution in [0.2, 0.25) is 0 Å². The van der Waals surface area contributed by atoms with Gasteiger partial charge in [0.1, 0.15) is 5.76 Å². The average molecular weight is 514 g/mol. The Labute approximate surface area is 219 Å². The number of nitrogens with one attached hydrogen (secondary N) is 1.